The summed E-state index contributed by atoms with van der Waals surface area (Å²) in [4.78, 5) is 10.9. The molecule has 2 aromatic carbocycles. The van der Waals surface area contributed by atoms with Gasteiger partial charge >= 0.3 is 0 Å². The van der Waals surface area contributed by atoms with E-state index in [-0.39, 0.29) is 5.91 Å². The molecule has 21 heavy (non-hydrogen) atoms. The fourth-order valence-corrected chi connectivity index (χ4v) is 2.00. The van der Waals surface area contributed by atoms with E-state index in [1.807, 2.05) is 48.5 Å². The molecule has 0 spiro atoms. The average Bonchev–Trinajstić information content (AvgIpc) is 2.46. The van der Waals surface area contributed by atoms with Gasteiger partial charge in [0.2, 0.25) is 5.91 Å². The van der Waals surface area contributed by atoms with Gasteiger partial charge in [0.25, 0.3) is 0 Å². The fraction of sp³-hybridized carbons (Fsp3) is 0.176. The molecule has 2 aromatic rings. The minimum atomic E-state index is -0.0244. The maximum absolute atomic E-state index is 10.9. The molecule has 0 saturated heterocycles. The Hall–Kier alpha value is -2.62. The minimum absolute atomic E-state index is 0.0244. The van der Waals surface area contributed by atoms with Gasteiger partial charge in [-0.3, -0.25) is 10.2 Å². The first-order chi connectivity index (χ1) is 10.0. The maximum atomic E-state index is 10.9. The van der Waals surface area contributed by atoms with Gasteiger partial charge in [-0.15, -0.1) is 0 Å². The molecule has 0 radical (unpaired) electrons. The van der Waals surface area contributed by atoms with E-state index in [0.29, 0.717) is 12.4 Å². The van der Waals surface area contributed by atoms with Crippen LogP contribution in [0, 0.1) is 5.41 Å². The zero-order chi connectivity index (χ0) is 15.2. The summed E-state index contributed by atoms with van der Waals surface area (Å²) in [7, 11) is 0. The van der Waals surface area contributed by atoms with Crippen molar-refractivity contribution in [2.45, 2.75) is 20.4 Å². The summed E-state index contributed by atoms with van der Waals surface area (Å²) in [6.45, 7) is 3.78. The van der Waals surface area contributed by atoms with E-state index in [4.69, 9.17) is 5.41 Å². The van der Waals surface area contributed by atoms with E-state index in [9.17, 15) is 4.79 Å². The standard InChI is InChI=1S/C17H19N3O/c1-12(18)20-17-9-7-16(8-10-17)15-5-3-14(4-6-15)11-19-13(2)21/h3-10H,11H2,1-2H3,(H2,18,20)(H,19,21). The van der Waals surface area contributed by atoms with Crippen LogP contribution in [0.2, 0.25) is 0 Å². The van der Waals surface area contributed by atoms with Crippen LogP contribution in [0.4, 0.5) is 5.69 Å². The Labute approximate surface area is 124 Å². The molecule has 0 aromatic heterocycles. The Morgan fingerprint density at radius 2 is 1.48 bits per heavy atom. The molecule has 0 heterocycles. The van der Waals surface area contributed by atoms with Crippen LogP contribution in [0.3, 0.4) is 0 Å². The predicted octanol–water partition coefficient (Wildman–Crippen LogP) is 3.40. The minimum Gasteiger partial charge on any atom is -0.352 e. The molecule has 0 aliphatic rings. The third-order valence-electron chi connectivity index (χ3n) is 3.05. The number of carbonyl (C=O) groups excluding carboxylic acids is 1. The molecule has 0 atom stereocenters. The normalized spacial score (nSPS) is 10.0. The van der Waals surface area contributed by atoms with Gasteiger partial charge in [-0.1, -0.05) is 36.4 Å². The Morgan fingerprint density at radius 3 is 1.95 bits per heavy atom. The lowest BCUT2D eigenvalue weighted by molar-refractivity contribution is -0.119. The molecule has 0 unspecified atom stereocenters. The van der Waals surface area contributed by atoms with Crippen molar-refractivity contribution >= 4 is 17.4 Å². The lowest BCUT2D eigenvalue weighted by Crippen LogP contribution is -2.18. The zero-order valence-corrected chi connectivity index (χ0v) is 12.2. The van der Waals surface area contributed by atoms with E-state index in [1.54, 1.807) is 6.92 Å². The third-order valence-corrected chi connectivity index (χ3v) is 3.05. The first-order valence-electron chi connectivity index (χ1n) is 6.80. The Bertz CT molecular complexity index is 630. The number of anilines is 1. The van der Waals surface area contributed by atoms with Crippen LogP contribution >= 0.6 is 0 Å². The first-order valence-corrected chi connectivity index (χ1v) is 6.80. The van der Waals surface area contributed by atoms with Gasteiger partial charge in [0.1, 0.15) is 0 Å². The summed E-state index contributed by atoms with van der Waals surface area (Å²) in [6, 6.07) is 16.1. The summed E-state index contributed by atoms with van der Waals surface area (Å²) < 4.78 is 0. The second kappa shape index (κ2) is 6.70. The van der Waals surface area contributed by atoms with Crippen molar-refractivity contribution in [3.8, 4) is 11.1 Å². The number of rotatable bonds is 4. The summed E-state index contributed by atoms with van der Waals surface area (Å²) in [6.07, 6.45) is 0. The Balaban J connectivity index is 2.07. The number of amidine groups is 1. The first kappa shape index (κ1) is 14.8. The summed E-state index contributed by atoms with van der Waals surface area (Å²) in [5.41, 5.74) is 4.23. The van der Waals surface area contributed by atoms with Crippen LogP contribution < -0.4 is 10.6 Å². The number of hydrogen-bond donors (Lipinski definition) is 3. The van der Waals surface area contributed by atoms with Gasteiger partial charge < -0.3 is 10.6 Å². The summed E-state index contributed by atoms with van der Waals surface area (Å²) >= 11 is 0. The number of nitrogens with one attached hydrogen (secondary N) is 3. The van der Waals surface area contributed by atoms with Gasteiger partial charge in [0, 0.05) is 19.2 Å². The highest BCUT2D eigenvalue weighted by molar-refractivity contribution is 5.91. The molecule has 0 aliphatic carbocycles. The molecule has 108 valence electrons. The van der Waals surface area contributed by atoms with Crippen molar-refractivity contribution < 1.29 is 4.79 Å². The van der Waals surface area contributed by atoms with Crippen LogP contribution in [0.5, 0.6) is 0 Å². The molecule has 4 heteroatoms. The summed E-state index contributed by atoms with van der Waals surface area (Å²) in [5.74, 6) is 0.397. The van der Waals surface area contributed by atoms with Gasteiger partial charge in [-0.05, 0) is 35.7 Å². The van der Waals surface area contributed by atoms with Crippen LogP contribution in [0.1, 0.15) is 19.4 Å². The van der Waals surface area contributed by atoms with Crippen LogP contribution in [0.15, 0.2) is 48.5 Å². The second-order valence-corrected chi connectivity index (χ2v) is 4.93. The molecular formula is C17H19N3O. The van der Waals surface area contributed by atoms with Crippen molar-refractivity contribution in [2.75, 3.05) is 5.32 Å². The molecule has 0 fully saturated rings. The lowest BCUT2D eigenvalue weighted by Gasteiger charge is -2.07. The highest BCUT2D eigenvalue weighted by Crippen LogP contribution is 2.22. The third kappa shape index (κ3) is 4.45. The van der Waals surface area contributed by atoms with Gasteiger partial charge in [0.15, 0.2) is 0 Å². The fourth-order valence-electron chi connectivity index (χ4n) is 2.00. The van der Waals surface area contributed by atoms with Crippen molar-refractivity contribution in [1.29, 1.82) is 5.41 Å². The van der Waals surface area contributed by atoms with E-state index >= 15 is 0 Å². The van der Waals surface area contributed by atoms with E-state index < -0.39 is 0 Å². The van der Waals surface area contributed by atoms with Crippen molar-refractivity contribution in [3.63, 3.8) is 0 Å². The monoisotopic (exact) mass is 281 g/mol. The highest BCUT2D eigenvalue weighted by Gasteiger charge is 2.00. The average molecular weight is 281 g/mol. The molecular weight excluding hydrogens is 262 g/mol. The van der Waals surface area contributed by atoms with E-state index in [2.05, 4.69) is 10.6 Å². The molecule has 0 bridgehead atoms. The molecule has 4 nitrogen and oxygen atoms in total. The predicted molar refractivity (Wildman–Crippen MR) is 86.4 cm³/mol. The molecule has 1 amide bonds. The van der Waals surface area contributed by atoms with Crippen LogP contribution in [-0.4, -0.2) is 11.7 Å². The number of carbonyl (C=O) groups is 1. The lowest BCUT2D eigenvalue weighted by atomic mass is 10.0. The number of amides is 1. The van der Waals surface area contributed by atoms with Crippen molar-refractivity contribution in [1.82, 2.24) is 5.32 Å². The molecule has 3 N–H and O–H groups in total. The van der Waals surface area contributed by atoms with E-state index in [0.717, 1.165) is 22.4 Å². The number of hydrogen-bond acceptors (Lipinski definition) is 2. The SMILES string of the molecule is CC(=N)Nc1ccc(-c2ccc(CNC(C)=O)cc2)cc1. The van der Waals surface area contributed by atoms with Gasteiger partial charge in [0.05, 0.1) is 5.84 Å². The molecule has 0 aliphatic heterocycles. The maximum Gasteiger partial charge on any atom is 0.217 e. The Kier molecular flexibility index (Phi) is 4.72. The largest absolute Gasteiger partial charge is 0.352 e. The zero-order valence-electron chi connectivity index (χ0n) is 12.2. The van der Waals surface area contributed by atoms with Crippen LogP contribution in [-0.2, 0) is 11.3 Å². The van der Waals surface area contributed by atoms with Gasteiger partial charge in [-0.2, -0.15) is 0 Å². The van der Waals surface area contributed by atoms with Crippen molar-refractivity contribution in [2.24, 2.45) is 0 Å². The second-order valence-electron chi connectivity index (χ2n) is 4.93. The van der Waals surface area contributed by atoms with Gasteiger partial charge in [-0.25, -0.2) is 0 Å². The summed E-state index contributed by atoms with van der Waals surface area (Å²) in [5, 5.41) is 13.1. The molecule has 2 rings (SSSR count). The van der Waals surface area contributed by atoms with Crippen molar-refractivity contribution in [3.05, 3.63) is 54.1 Å². The highest BCUT2D eigenvalue weighted by atomic mass is 16.1. The molecule has 0 saturated carbocycles. The smallest absolute Gasteiger partial charge is 0.217 e. The van der Waals surface area contributed by atoms with Crippen LogP contribution in [0.25, 0.3) is 11.1 Å². The number of benzene rings is 2. The quantitative estimate of drug-likeness (QED) is 0.594. The Morgan fingerprint density at radius 1 is 0.952 bits per heavy atom. The topological polar surface area (TPSA) is 65.0 Å². The van der Waals surface area contributed by atoms with E-state index in [1.165, 1.54) is 6.92 Å².